The molecule has 0 bridgehead atoms. The van der Waals surface area contributed by atoms with Crippen LogP contribution in [0.25, 0.3) is 0 Å². The van der Waals surface area contributed by atoms with Crippen LogP contribution in [0.4, 0.5) is 8.78 Å². The molecule has 3 rings (SSSR count). The highest BCUT2D eigenvalue weighted by atomic mass is 19.2. The van der Waals surface area contributed by atoms with Gasteiger partial charge in [0.05, 0.1) is 11.8 Å². The van der Waals surface area contributed by atoms with Gasteiger partial charge in [0.2, 0.25) is 11.8 Å². The molecule has 2 aliphatic rings. The number of likely N-dealkylation sites (tertiary alicyclic amines) is 2. The molecule has 0 aliphatic carbocycles. The van der Waals surface area contributed by atoms with Gasteiger partial charge in [-0.15, -0.1) is 0 Å². The standard InChI is InChI=1S/C18H22F2N2O2/c1-2-8-21-9-6-18(17(21)24)7-10-22(12-18)15(23)11-13-4-3-5-14(19)16(13)20/h3-5H,2,6-12H2,1H3. The van der Waals surface area contributed by atoms with E-state index in [0.717, 1.165) is 32.0 Å². The van der Waals surface area contributed by atoms with Crippen molar-refractivity contribution in [1.82, 2.24) is 9.80 Å². The van der Waals surface area contributed by atoms with Crippen molar-refractivity contribution in [3.05, 3.63) is 35.4 Å². The minimum Gasteiger partial charge on any atom is -0.342 e. The summed E-state index contributed by atoms with van der Waals surface area (Å²) in [6.07, 6.45) is 2.17. The van der Waals surface area contributed by atoms with Crippen molar-refractivity contribution >= 4 is 11.8 Å². The average Bonchev–Trinajstić information content (AvgIpc) is 3.12. The Morgan fingerprint density at radius 1 is 1.25 bits per heavy atom. The molecule has 0 radical (unpaired) electrons. The lowest BCUT2D eigenvalue weighted by molar-refractivity contribution is -0.136. The number of hydrogen-bond acceptors (Lipinski definition) is 2. The number of carbonyl (C=O) groups is 2. The van der Waals surface area contributed by atoms with Crippen molar-refractivity contribution in [2.24, 2.45) is 5.41 Å². The van der Waals surface area contributed by atoms with E-state index in [2.05, 4.69) is 0 Å². The Morgan fingerprint density at radius 3 is 2.75 bits per heavy atom. The van der Waals surface area contributed by atoms with Crippen LogP contribution in [0.2, 0.25) is 0 Å². The van der Waals surface area contributed by atoms with Crippen molar-refractivity contribution in [2.75, 3.05) is 26.2 Å². The Labute approximate surface area is 140 Å². The minimum atomic E-state index is -0.967. The Hall–Kier alpha value is -1.98. The molecule has 130 valence electrons. The van der Waals surface area contributed by atoms with E-state index < -0.39 is 17.0 Å². The molecule has 24 heavy (non-hydrogen) atoms. The van der Waals surface area contributed by atoms with Gasteiger partial charge >= 0.3 is 0 Å². The van der Waals surface area contributed by atoms with Crippen molar-refractivity contribution in [1.29, 1.82) is 0 Å². The molecule has 2 aliphatic heterocycles. The quantitative estimate of drug-likeness (QED) is 0.847. The smallest absolute Gasteiger partial charge is 0.230 e. The van der Waals surface area contributed by atoms with E-state index in [9.17, 15) is 18.4 Å². The van der Waals surface area contributed by atoms with Crippen LogP contribution in [0.1, 0.15) is 31.7 Å². The zero-order chi connectivity index (χ0) is 17.3. The molecule has 1 atom stereocenters. The van der Waals surface area contributed by atoms with E-state index in [1.54, 1.807) is 4.90 Å². The molecule has 1 spiro atoms. The lowest BCUT2D eigenvalue weighted by atomic mass is 9.85. The maximum Gasteiger partial charge on any atom is 0.230 e. The van der Waals surface area contributed by atoms with E-state index >= 15 is 0 Å². The third-order valence-electron chi connectivity index (χ3n) is 5.17. The van der Waals surface area contributed by atoms with Crippen LogP contribution < -0.4 is 0 Å². The second-order valence-electron chi connectivity index (χ2n) is 6.78. The molecule has 0 aromatic heterocycles. The monoisotopic (exact) mass is 336 g/mol. The Morgan fingerprint density at radius 2 is 2.00 bits per heavy atom. The number of amides is 2. The van der Waals surface area contributed by atoms with Gasteiger partial charge in [0.15, 0.2) is 11.6 Å². The molecular formula is C18H22F2N2O2. The van der Waals surface area contributed by atoms with Crippen molar-refractivity contribution in [3.8, 4) is 0 Å². The zero-order valence-electron chi connectivity index (χ0n) is 13.9. The molecule has 2 saturated heterocycles. The lowest BCUT2D eigenvalue weighted by Crippen LogP contribution is -2.39. The van der Waals surface area contributed by atoms with Crippen LogP contribution >= 0.6 is 0 Å². The van der Waals surface area contributed by atoms with Crippen molar-refractivity contribution in [3.63, 3.8) is 0 Å². The Bertz CT molecular complexity index is 664. The molecule has 1 aromatic carbocycles. The van der Waals surface area contributed by atoms with E-state index in [4.69, 9.17) is 0 Å². The molecule has 6 heteroatoms. The molecule has 1 unspecified atom stereocenters. The number of halogens is 2. The fraction of sp³-hybridized carbons (Fsp3) is 0.556. The van der Waals surface area contributed by atoms with Gasteiger partial charge in [0, 0.05) is 31.7 Å². The minimum absolute atomic E-state index is 0.0614. The number of hydrogen-bond donors (Lipinski definition) is 0. The summed E-state index contributed by atoms with van der Waals surface area (Å²) in [5, 5.41) is 0. The second-order valence-corrected chi connectivity index (χ2v) is 6.78. The van der Waals surface area contributed by atoms with Crippen LogP contribution in [0.15, 0.2) is 18.2 Å². The number of nitrogens with zero attached hydrogens (tertiary/aromatic N) is 2. The second kappa shape index (κ2) is 6.49. The van der Waals surface area contributed by atoms with E-state index in [-0.39, 0.29) is 23.8 Å². The maximum absolute atomic E-state index is 13.7. The topological polar surface area (TPSA) is 40.6 Å². The number of benzene rings is 1. The number of carbonyl (C=O) groups excluding carboxylic acids is 2. The molecular weight excluding hydrogens is 314 g/mol. The van der Waals surface area contributed by atoms with Gasteiger partial charge in [0.25, 0.3) is 0 Å². The van der Waals surface area contributed by atoms with E-state index in [1.807, 2.05) is 11.8 Å². The molecule has 0 N–H and O–H groups in total. The zero-order valence-corrected chi connectivity index (χ0v) is 13.9. The predicted octanol–water partition coefficient (Wildman–Crippen LogP) is 2.37. The highest BCUT2D eigenvalue weighted by Gasteiger charge is 2.51. The molecule has 2 heterocycles. The van der Waals surface area contributed by atoms with Gasteiger partial charge in [-0.3, -0.25) is 9.59 Å². The van der Waals surface area contributed by atoms with Crippen LogP contribution in [-0.4, -0.2) is 47.8 Å². The SMILES string of the molecule is CCCN1CCC2(CCN(C(=O)Cc3cccc(F)c3F)C2)C1=O. The van der Waals surface area contributed by atoms with Crippen LogP contribution in [-0.2, 0) is 16.0 Å². The third-order valence-corrected chi connectivity index (χ3v) is 5.17. The first-order valence-corrected chi connectivity index (χ1v) is 8.47. The first-order chi connectivity index (χ1) is 11.5. The van der Waals surface area contributed by atoms with Gasteiger partial charge in [-0.1, -0.05) is 19.1 Å². The van der Waals surface area contributed by atoms with Crippen LogP contribution in [0.3, 0.4) is 0 Å². The Kier molecular flexibility index (Phi) is 4.56. The summed E-state index contributed by atoms with van der Waals surface area (Å²) < 4.78 is 27.0. The summed E-state index contributed by atoms with van der Waals surface area (Å²) >= 11 is 0. The molecule has 2 amide bonds. The van der Waals surface area contributed by atoms with Gasteiger partial charge < -0.3 is 9.80 Å². The van der Waals surface area contributed by atoms with Gasteiger partial charge in [0.1, 0.15) is 0 Å². The molecule has 4 nitrogen and oxygen atoms in total. The summed E-state index contributed by atoms with van der Waals surface area (Å²) in [5.41, 5.74) is -0.406. The first kappa shape index (κ1) is 16.9. The normalized spacial score (nSPS) is 23.5. The first-order valence-electron chi connectivity index (χ1n) is 8.47. The molecule has 1 aromatic rings. The highest BCUT2D eigenvalue weighted by Crippen LogP contribution is 2.40. The fourth-order valence-electron chi connectivity index (χ4n) is 3.80. The van der Waals surface area contributed by atoms with Crippen LogP contribution in [0.5, 0.6) is 0 Å². The maximum atomic E-state index is 13.7. The van der Waals surface area contributed by atoms with E-state index in [1.165, 1.54) is 12.1 Å². The number of rotatable bonds is 4. The molecule has 0 saturated carbocycles. The molecule has 2 fully saturated rings. The summed E-state index contributed by atoms with van der Waals surface area (Å²) in [6.45, 7) is 4.43. The van der Waals surface area contributed by atoms with Gasteiger partial charge in [-0.25, -0.2) is 8.78 Å². The summed E-state index contributed by atoms with van der Waals surface area (Å²) in [7, 11) is 0. The van der Waals surface area contributed by atoms with Crippen molar-refractivity contribution in [2.45, 2.75) is 32.6 Å². The van der Waals surface area contributed by atoms with Crippen molar-refractivity contribution < 1.29 is 18.4 Å². The van der Waals surface area contributed by atoms with E-state index in [0.29, 0.717) is 19.5 Å². The third kappa shape index (κ3) is 2.89. The Balaban J connectivity index is 1.66. The highest BCUT2D eigenvalue weighted by molar-refractivity contribution is 5.87. The predicted molar refractivity (Wildman–Crippen MR) is 85.2 cm³/mol. The lowest BCUT2D eigenvalue weighted by Gasteiger charge is -2.23. The average molecular weight is 336 g/mol. The summed E-state index contributed by atoms with van der Waals surface area (Å²) in [5.74, 6) is -2.03. The van der Waals surface area contributed by atoms with Gasteiger partial charge in [-0.05, 0) is 25.3 Å². The fourth-order valence-corrected chi connectivity index (χ4v) is 3.80. The summed E-state index contributed by atoms with van der Waals surface area (Å²) in [6, 6.07) is 3.86. The van der Waals surface area contributed by atoms with Gasteiger partial charge in [-0.2, -0.15) is 0 Å². The van der Waals surface area contributed by atoms with Crippen LogP contribution in [0, 0.1) is 17.0 Å². The largest absolute Gasteiger partial charge is 0.342 e. The summed E-state index contributed by atoms with van der Waals surface area (Å²) in [4.78, 5) is 28.6.